The molecule has 0 saturated carbocycles. The topological polar surface area (TPSA) is 54.7 Å². The fourth-order valence-corrected chi connectivity index (χ4v) is 2.54. The molecule has 0 saturated heterocycles. The van der Waals surface area contributed by atoms with Crippen LogP contribution in [0.5, 0.6) is 0 Å². The Morgan fingerprint density at radius 1 is 1.64 bits per heavy atom. The molecule has 3 N–H and O–H groups in total. The van der Waals surface area contributed by atoms with Crippen molar-refractivity contribution in [2.24, 2.45) is 11.7 Å². The Morgan fingerprint density at radius 2 is 2.43 bits per heavy atom. The zero-order chi connectivity index (χ0) is 10.1. The van der Waals surface area contributed by atoms with E-state index < -0.39 is 0 Å². The van der Waals surface area contributed by atoms with Crippen LogP contribution in [0.1, 0.15) is 42.6 Å². The van der Waals surface area contributed by atoms with Gasteiger partial charge >= 0.3 is 0 Å². The molecule has 1 aliphatic carbocycles. The molecule has 0 radical (unpaired) electrons. The summed E-state index contributed by atoms with van der Waals surface area (Å²) in [5.41, 5.74) is 9.72. The third-order valence-electron chi connectivity index (χ3n) is 3.43. The van der Waals surface area contributed by atoms with Crippen LogP contribution in [0.4, 0.5) is 0 Å². The molecule has 0 fully saturated rings. The van der Waals surface area contributed by atoms with E-state index in [9.17, 15) is 0 Å². The van der Waals surface area contributed by atoms with Crippen LogP contribution in [0.25, 0.3) is 0 Å². The van der Waals surface area contributed by atoms with Crippen molar-refractivity contribution < 1.29 is 0 Å². The van der Waals surface area contributed by atoms with E-state index in [1.807, 2.05) is 0 Å². The summed E-state index contributed by atoms with van der Waals surface area (Å²) >= 11 is 0. The molecular formula is C11H19N3. The summed E-state index contributed by atoms with van der Waals surface area (Å²) < 4.78 is 0. The second-order valence-corrected chi connectivity index (χ2v) is 4.42. The number of H-pyrrole nitrogens is 1. The second kappa shape index (κ2) is 3.73. The average Bonchev–Trinajstić information content (AvgIpc) is 2.59. The molecule has 0 bridgehead atoms. The molecule has 3 nitrogen and oxygen atoms in total. The van der Waals surface area contributed by atoms with E-state index >= 15 is 0 Å². The number of rotatable bonds is 2. The number of hydrogen-bond acceptors (Lipinski definition) is 2. The van der Waals surface area contributed by atoms with Crippen LogP contribution in [-0.4, -0.2) is 16.7 Å². The Labute approximate surface area is 85.1 Å². The highest BCUT2D eigenvalue weighted by Crippen LogP contribution is 2.37. The first-order valence-corrected chi connectivity index (χ1v) is 5.47. The molecule has 2 unspecified atom stereocenters. The number of aryl methyl sites for hydroxylation is 2. The van der Waals surface area contributed by atoms with Crippen LogP contribution in [0, 0.1) is 12.8 Å². The predicted molar refractivity (Wildman–Crippen MR) is 57.2 cm³/mol. The minimum Gasteiger partial charge on any atom is -0.330 e. The summed E-state index contributed by atoms with van der Waals surface area (Å²) in [6, 6.07) is 0. The second-order valence-electron chi connectivity index (χ2n) is 4.42. The number of hydrogen-bond donors (Lipinski definition) is 2. The third-order valence-corrected chi connectivity index (χ3v) is 3.43. The van der Waals surface area contributed by atoms with Crippen molar-refractivity contribution in [3.8, 4) is 0 Å². The zero-order valence-electron chi connectivity index (χ0n) is 9.01. The molecule has 3 heteroatoms. The molecule has 1 aromatic rings. The summed E-state index contributed by atoms with van der Waals surface area (Å²) in [7, 11) is 0. The predicted octanol–water partition coefficient (Wildman–Crippen LogP) is 1.73. The molecule has 78 valence electrons. The van der Waals surface area contributed by atoms with Gasteiger partial charge in [-0.05, 0) is 50.1 Å². The molecular weight excluding hydrogens is 174 g/mol. The summed E-state index contributed by atoms with van der Waals surface area (Å²) in [5.74, 6) is 1.20. The van der Waals surface area contributed by atoms with Gasteiger partial charge < -0.3 is 5.73 Å². The van der Waals surface area contributed by atoms with E-state index in [0.717, 1.165) is 13.0 Å². The summed E-state index contributed by atoms with van der Waals surface area (Å²) in [4.78, 5) is 0. The monoisotopic (exact) mass is 193 g/mol. The van der Waals surface area contributed by atoms with Crippen LogP contribution < -0.4 is 5.73 Å². The van der Waals surface area contributed by atoms with Gasteiger partial charge in [-0.25, -0.2) is 0 Å². The standard InChI is InChI=1S/C11H19N3/c1-7(6-12)9-4-3-5-10-11(9)8(2)13-14-10/h7,9H,3-6,12H2,1-2H3,(H,13,14). The molecule has 2 atom stereocenters. The summed E-state index contributed by atoms with van der Waals surface area (Å²) in [6.45, 7) is 5.13. The lowest BCUT2D eigenvalue weighted by Crippen LogP contribution is -2.22. The average molecular weight is 193 g/mol. The van der Waals surface area contributed by atoms with E-state index in [0.29, 0.717) is 11.8 Å². The maximum atomic E-state index is 5.75. The first-order chi connectivity index (χ1) is 6.74. The van der Waals surface area contributed by atoms with Crippen LogP contribution >= 0.6 is 0 Å². The van der Waals surface area contributed by atoms with Gasteiger partial charge in [0.1, 0.15) is 0 Å². The number of aromatic amines is 1. The van der Waals surface area contributed by atoms with Crippen molar-refractivity contribution in [3.05, 3.63) is 17.0 Å². The van der Waals surface area contributed by atoms with E-state index in [4.69, 9.17) is 5.73 Å². The first kappa shape index (κ1) is 9.71. The maximum Gasteiger partial charge on any atom is 0.0659 e. The third kappa shape index (κ3) is 1.46. The summed E-state index contributed by atoms with van der Waals surface area (Å²) in [5, 5.41) is 7.45. The Kier molecular flexibility index (Phi) is 2.59. The fraction of sp³-hybridized carbons (Fsp3) is 0.727. The van der Waals surface area contributed by atoms with Gasteiger partial charge in [0.15, 0.2) is 0 Å². The molecule has 1 heterocycles. The molecule has 0 aromatic carbocycles. The SMILES string of the molecule is Cc1[nH]nc2c1C(C(C)CN)CCC2. The van der Waals surface area contributed by atoms with Crippen molar-refractivity contribution in [1.29, 1.82) is 0 Å². The molecule has 0 aliphatic heterocycles. The van der Waals surface area contributed by atoms with E-state index in [1.54, 1.807) is 0 Å². The van der Waals surface area contributed by atoms with Crippen molar-refractivity contribution in [3.63, 3.8) is 0 Å². The number of nitrogens with one attached hydrogen (secondary N) is 1. The van der Waals surface area contributed by atoms with Crippen LogP contribution in [0.15, 0.2) is 0 Å². The summed E-state index contributed by atoms with van der Waals surface area (Å²) in [6.07, 6.45) is 3.66. The largest absolute Gasteiger partial charge is 0.330 e. The molecule has 14 heavy (non-hydrogen) atoms. The van der Waals surface area contributed by atoms with Crippen molar-refractivity contribution in [2.45, 2.75) is 39.0 Å². The highest BCUT2D eigenvalue weighted by atomic mass is 15.1. The van der Waals surface area contributed by atoms with Gasteiger partial charge in [0.2, 0.25) is 0 Å². The Bertz CT molecular complexity index is 316. The number of nitrogens with two attached hydrogens (primary N) is 1. The van der Waals surface area contributed by atoms with E-state index in [1.165, 1.54) is 29.8 Å². The van der Waals surface area contributed by atoms with Gasteiger partial charge in [-0.2, -0.15) is 5.10 Å². The lowest BCUT2D eigenvalue weighted by molar-refractivity contribution is 0.411. The van der Waals surface area contributed by atoms with Gasteiger partial charge in [0.25, 0.3) is 0 Å². The molecule has 1 aliphatic rings. The first-order valence-electron chi connectivity index (χ1n) is 5.47. The van der Waals surface area contributed by atoms with Gasteiger partial charge in [0, 0.05) is 5.69 Å². The van der Waals surface area contributed by atoms with Crippen molar-refractivity contribution in [1.82, 2.24) is 10.2 Å². The maximum absolute atomic E-state index is 5.75. The van der Waals surface area contributed by atoms with Crippen LogP contribution in [-0.2, 0) is 6.42 Å². The van der Waals surface area contributed by atoms with Crippen LogP contribution in [0.2, 0.25) is 0 Å². The zero-order valence-corrected chi connectivity index (χ0v) is 9.01. The molecule has 1 aromatic heterocycles. The Hall–Kier alpha value is -0.830. The van der Waals surface area contributed by atoms with Gasteiger partial charge in [-0.1, -0.05) is 6.92 Å². The molecule has 0 amide bonds. The normalized spacial score (nSPS) is 23.2. The van der Waals surface area contributed by atoms with Gasteiger partial charge in [-0.15, -0.1) is 0 Å². The Morgan fingerprint density at radius 3 is 3.14 bits per heavy atom. The minimum atomic E-state index is 0.574. The number of nitrogens with zero attached hydrogens (tertiary/aromatic N) is 1. The van der Waals surface area contributed by atoms with Gasteiger partial charge in [0.05, 0.1) is 5.69 Å². The van der Waals surface area contributed by atoms with Gasteiger partial charge in [-0.3, -0.25) is 5.10 Å². The lowest BCUT2D eigenvalue weighted by atomic mass is 9.78. The number of fused-ring (bicyclic) bond motifs is 1. The lowest BCUT2D eigenvalue weighted by Gasteiger charge is -2.27. The minimum absolute atomic E-state index is 0.574. The highest BCUT2D eigenvalue weighted by Gasteiger charge is 2.27. The highest BCUT2D eigenvalue weighted by molar-refractivity contribution is 5.31. The van der Waals surface area contributed by atoms with Crippen LogP contribution in [0.3, 0.4) is 0 Å². The van der Waals surface area contributed by atoms with E-state index in [2.05, 4.69) is 24.0 Å². The molecule has 2 rings (SSSR count). The Balaban J connectivity index is 2.34. The fourth-order valence-electron chi connectivity index (χ4n) is 2.54. The number of aromatic nitrogens is 2. The molecule has 0 spiro atoms. The smallest absolute Gasteiger partial charge is 0.0659 e. The van der Waals surface area contributed by atoms with Crippen molar-refractivity contribution in [2.75, 3.05) is 6.54 Å². The quantitative estimate of drug-likeness (QED) is 0.751. The van der Waals surface area contributed by atoms with E-state index in [-0.39, 0.29) is 0 Å². The van der Waals surface area contributed by atoms with Crippen molar-refractivity contribution >= 4 is 0 Å².